The molecule has 15 heavy (non-hydrogen) atoms. The van der Waals surface area contributed by atoms with Crippen molar-refractivity contribution in [1.29, 1.82) is 0 Å². The quantitative estimate of drug-likeness (QED) is 0.802. The second-order valence-electron chi connectivity index (χ2n) is 3.07. The van der Waals surface area contributed by atoms with Crippen molar-refractivity contribution in [2.75, 3.05) is 5.73 Å². The molecule has 4 heteroatoms. The van der Waals surface area contributed by atoms with E-state index in [9.17, 15) is 0 Å². The Labute approximate surface area is 92.8 Å². The summed E-state index contributed by atoms with van der Waals surface area (Å²) in [6, 6.07) is 7.79. The van der Waals surface area contributed by atoms with Gasteiger partial charge in [-0.2, -0.15) is 0 Å². The normalized spacial score (nSPS) is 10.1. The van der Waals surface area contributed by atoms with Crippen molar-refractivity contribution in [2.45, 2.75) is 10.6 Å². The minimum Gasteiger partial charge on any atom is -0.384 e. The van der Waals surface area contributed by atoms with Gasteiger partial charge in [0.15, 0.2) is 0 Å². The Morgan fingerprint density at radius 3 is 2.80 bits per heavy atom. The SMILES string of the molecule is Nc1ccc(SCc2cccnc2)cn1. The number of aromatic nitrogens is 2. The van der Waals surface area contributed by atoms with E-state index < -0.39 is 0 Å². The van der Waals surface area contributed by atoms with E-state index in [0.717, 1.165) is 10.6 Å². The van der Waals surface area contributed by atoms with E-state index in [1.807, 2.05) is 24.4 Å². The third-order valence-electron chi connectivity index (χ3n) is 1.89. The van der Waals surface area contributed by atoms with Crippen molar-refractivity contribution in [1.82, 2.24) is 9.97 Å². The van der Waals surface area contributed by atoms with Crippen LogP contribution in [0.25, 0.3) is 0 Å². The highest BCUT2D eigenvalue weighted by atomic mass is 32.2. The van der Waals surface area contributed by atoms with E-state index in [1.165, 1.54) is 5.56 Å². The fourth-order valence-electron chi connectivity index (χ4n) is 1.13. The highest BCUT2D eigenvalue weighted by Crippen LogP contribution is 2.21. The first-order valence-corrected chi connectivity index (χ1v) is 5.56. The molecule has 2 aromatic rings. The van der Waals surface area contributed by atoms with E-state index in [1.54, 1.807) is 24.2 Å². The molecular formula is C11H11N3S. The first-order valence-electron chi connectivity index (χ1n) is 4.58. The second-order valence-corrected chi connectivity index (χ2v) is 4.12. The fraction of sp³-hybridized carbons (Fsp3) is 0.0909. The Bertz CT molecular complexity index is 414. The number of pyridine rings is 2. The molecule has 0 saturated heterocycles. The number of thioether (sulfide) groups is 1. The Hall–Kier alpha value is -1.55. The maximum absolute atomic E-state index is 5.50. The number of nitrogens with zero attached hydrogens (tertiary/aromatic N) is 2. The van der Waals surface area contributed by atoms with Crippen LogP contribution < -0.4 is 5.73 Å². The number of anilines is 1. The number of hydrogen-bond donors (Lipinski definition) is 1. The molecule has 0 atom stereocenters. The lowest BCUT2D eigenvalue weighted by molar-refractivity contribution is 1.23. The Morgan fingerprint density at radius 1 is 1.20 bits per heavy atom. The maximum Gasteiger partial charge on any atom is 0.123 e. The highest BCUT2D eigenvalue weighted by molar-refractivity contribution is 7.98. The van der Waals surface area contributed by atoms with Crippen LogP contribution in [0.2, 0.25) is 0 Å². The van der Waals surface area contributed by atoms with E-state index in [0.29, 0.717) is 5.82 Å². The standard InChI is InChI=1S/C11H11N3S/c12-11-4-3-10(7-14-11)15-8-9-2-1-5-13-6-9/h1-7H,8H2,(H2,12,14). The highest BCUT2D eigenvalue weighted by Gasteiger charge is 1.96. The van der Waals surface area contributed by atoms with Crippen molar-refractivity contribution in [3.8, 4) is 0 Å². The molecule has 0 spiro atoms. The summed E-state index contributed by atoms with van der Waals surface area (Å²) in [7, 11) is 0. The zero-order valence-electron chi connectivity index (χ0n) is 8.13. The molecule has 2 aromatic heterocycles. The first kappa shape index (κ1) is 9.98. The van der Waals surface area contributed by atoms with Gasteiger partial charge >= 0.3 is 0 Å². The Morgan fingerprint density at radius 2 is 2.13 bits per heavy atom. The molecule has 0 radical (unpaired) electrons. The van der Waals surface area contributed by atoms with Crippen LogP contribution in [0.1, 0.15) is 5.56 Å². The average molecular weight is 217 g/mol. The second kappa shape index (κ2) is 4.79. The molecule has 0 fully saturated rings. The van der Waals surface area contributed by atoms with Gasteiger partial charge in [-0.1, -0.05) is 6.07 Å². The average Bonchev–Trinajstić information content (AvgIpc) is 2.30. The van der Waals surface area contributed by atoms with Gasteiger partial charge in [-0.05, 0) is 23.8 Å². The summed E-state index contributed by atoms with van der Waals surface area (Å²) in [6.07, 6.45) is 5.44. The smallest absolute Gasteiger partial charge is 0.123 e. The minimum absolute atomic E-state index is 0.556. The van der Waals surface area contributed by atoms with Crippen LogP contribution in [0, 0.1) is 0 Å². The first-order chi connectivity index (χ1) is 7.34. The molecule has 0 bridgehead atoms. The molecule has 0 saturated carbocycles. The molecule has 0 aliphatic carbocycles. The van der Waals surface area contributed by atoms with Gasteiger partial charge < -0.3 is 5.73 Å². The number of nitrogen functional groups attached to an aromatic ring is 1. The van der Waals surface area contributed by atoms with Crippen LogP contribution in [-0.4, -0.2) is 9.97 Å². The topological polar surface area (TPSA) is 51.8 Å². The molecule has 0 aromatic carbocycles. The lowest BCUT2D eigenvalue weighted by atomic mass is 10.3. The molecule has 2 N–H and O–H groups in total. The summed E-state index contributed by atoms with van der Waals surface area (Å²) in [4.78, 5) is 9.21. The molecular weight excluding hydrogens is 206 g/mol. The molecule has 76 valence electrons. The monoisotopic (exact) mass is 217 g/mol. The number of rotatable bonds is 3. The third kappa shape index (κ3) is 2.95. The van der Waals surface area contributed by atoms with E-state index >= 15 is 0 Å². The van der Waals surface area contributed by atoms with Gasteiger partial charge in [-0.25, -0.2) is 4.98 Å². The zero-order chi connectivity index (χ0) is 10.5. The van der Waals surface area contributed by atoms with Gasteiger partial charge in [0.25, 0.3) is 0 Å². The largest absolute Gasteiger partial charge is 0.384 e. The summed E-state index contributed by atoms with van der Waals surface area (Å²) >= 11 is 1.72. The molecule has 0 aliphatic rings. The maximum atomic E-state index is 5.50. The van der Waals surface area contributed by atoms with Crippen LogP contribution >= 0.6 is 11.8 Å². The molecule has 0 unspecified atom stereocenters. The summed E-state index contributed by atoms with van der Waals surface area (Å²) in [5.41, 5.74) is 6.71. The van der Waals surface area contributed by atoms with Crippen molar-refractivity contribution in [2.24, 2.45) is 0 Å². The summed E-state index contributed by atoms with van der Waals surface area (Å²) in [5, 5.41) is 0. The van der Waals surface area contributed by atoms with E-state index in [2.05, 4.69) is 16.0 Å². The van der Waals surface area contributed by atoms with E-state index in [4.69, 9.17) is 5.73 Å². The lowest BCUT2D eigenvalue weighted by Gasteiger charge is -2.01. The van der Waals surface area contributed by atoms with Gasteiger partial charge in [-0.15, -0.1) is 11.8 Å². The summed E-state index contributed by atoms with van der Waals surface area (Å²) in [5.74, 6) is 1.46. The predicted molar refractivity (Wildman–Crippen MR) is 62.4 cm³/mol. The minimum atomic E-state index is 0.556. The van der Waals surface area contributed by atoms with Crippen molar-refractivity contribution in [3.05, 3.63) is 48.4 Å². The molecule has 0 aliphatic heterocycles. The van der Waals surface area contributed by atoms with Crippen LogP contribution in [0.5, 0.6) is 0 Å². The van der Waals surface area contributed by atoms with Gasteiger partial charge in [0.05, 0.1) is 0 Å². The van der Waals surface area contributed by atoms with Crippen LogP contribution in [0.4, 0.5) is 5.82 Å². The van der Waals surface area contributed by atoms with Gasteiger partial charge in [-0.3, -0.25) is 4.98 Å². The zero-order valence-corrected chi connectivity index (χ0v) is 8.95. The summed E-state index contributed by atoms with van der Waals surface area (Å²) < 4.78 is 0. The molecule has 2 heterocycles. The van der Waals surface area contributed by atoms with Crippen LogP contribution in [0.3, 0.4) is 0 Å². The summed E-state index contributed by atoms with van der Waals surface area (Å²) in [6.45, 7) is 0. The van der Waals surface area contributed by atoms with Crippen molar-refractivity contribution in [3.63, 3.8) is 0 Å². The molecule has 0 amide bonds. The van der Waals surface area contributed by atoms with Gasteiger partial charge in [0, 0.05) is 29.2 Å². The lowest BCUT2D eigenvalue weighted by Crippen LogP contribution is -1.88. The van der Waals surface area contributed by atoms with Crippen LogP contribution in [0.15, 0.2) is 47.8 Å². The van der Waals surface area contributed by atoms with Gasteiger partial charge in [0.2, 0.25) is 0 Å². The van der Waals surface area contributed by atoms with Crippen molar-refractivity contribution < 1.29 is 0 Å². The number of hydrogen-bond acceptors (Lipinski definition) is 4. The fourth-order valence-corrected chi connectivity index (χ4v) is 1.92. The molecule has 2 rings (SSSR count). The van der Waals surface area contributed by atoms with Gasteiger partial charge in [0.1, 0.15) is 5.82 Å². The third-order valence-corrected chi connectivity index (χ3v) is 2.94. The predicted octanol–water partition coefficient (Wildman–Crippen LogP) is 2.35. The van der Waals surface area contributed by atoms with Crippen LogP contribution in [-0.2, 0) is 5.75 Å². The van der Waals surface area contributed by atoms with Crippen molar-refractivity contribution >= 4 is 17.6 Å². The number of nitrogens with two attached hydrogens (primary N) is 1. The Balaban J connectivity index is 1.96. The molecule has 3 nitrogen and oxygen atoms in total. The Kier molecular flexibility index (Phi) is 3.19. The van der Waals surface area contributed by atoms with E-state index in [-0.39, 0.29) is 0 Å².